The third kappa shape index (κ3) is 4.30. The predicted octanol–water partition coefficient (Wildman–Crippen LogP) is 10.6. The first kappa shape index (κ1) is 29.0. The van der Waals surface area contributed by atoms with E-state index in [4.69, 9.17) is 0 Å². The van der Waals surface area contributed by atoms with Crippen molar-refractivity contribution in [2.75, 3.05) is 0 Å². The number of para-hydroxylation sites is 3. The van der Waals surface area contributed by atoms with Gasteiger partial charge in [-0.2, -0.15) is 15.8 Å². The number of nitrogens with zero attached hydrogens (tertiary/aromatic N) is 5. The predicted molar refractivity (Wildman–Crippen MR) is 200 cm³/mol. The van der Waals surface area contributed by atoms with Crippen molar-refractivity contribution in [2.24, 2.45) is 5.92 Å². The first-order chi connectivity index (χ1) is 24.7. The van der Waals surface area contributed by atoms with E-state index in [9.17, 15) is 15.8 Å². The van der Waals surface area contributed by atoms with E-state index in [0.717, 1.165) is 60.9 Å². The third-order valence-corrected chi connectivity index (χ3v) is 9.99. The fourth-order valence-electron chi connectivity index (χ4n) is 7.85. The Bertz CT molecular complexity index is 2820. The van der Waals surface area contributed by atoms with Gasteiger partial charge in [-0.25, -0.2) is 0 Å². The fraction of sp³-hybridized carbons (Fsp3) is 0.0444. The quantitative estimate of drug-likeness (QED) is 0.193. The van der Waals surface area contributed by atoms with Crippen LogP contribution in [0.4, 0.5) is 0 Å². The summed E-state index contributed by atoms with van der Waals surface area (Å²) in [6.45, 7) is 0. The molecule has 0 fully saturated rings. The monoisotopic (exact) mass is 637 g/mol. The Morgan fingerprint density at radius 3 is 1.94 bits per heavy atom. The molecule has 9 rings (SSSR count). The van der Waals surface area contributed by atoms with E-state index < -0.39 is 5.92 Å². The minimum atomic E-state index is -0.457. The number of hydrogen-bond donors (Lipinski definition) is 0. The Morgan fingerprint density at radius 1 is 0.540 bits per heavy atom. The second kappa shape index (κ2) is 11.5. The van der Waals surface area contributed by atoms with Gasteiger partial charge in [0.2, 0.25) is 0 Å². The Kier molecular flexibility index (Phi) is 6.70. The van der Waals surface area contributed by atoms with Crippen LogP contribution in [0.5, 0.6) is 0 Å². The largest absolute Gasteiger partial charge is 0.309 e. The number of benzene rings is 6. The van der Waals surface area contributed by atoms with Crippen LogP contribution in [0.3, 0.4) is 0 Å². The Hall–Kier alpha value is -7.13. The standard InChI is InChI=1S/C45H27N5/c46-26-29-20-23-43-39(24-29)45-30(27-47)10-9-19-44(45)49(43)32-21-22-33(31(25-32)28-48)34-11-1-2-12-35(34)36-13-3-6-16-40(36)50-41-17-7-4-14-37(41)38-15-5-8-18-42(38)50/h1-25,31,33H. The van der Waals surface area contributed by atoms with Gasteiger partial charge in [0.25, 0.3) is 0 Å². The van der Waals surface area contributed by atoms with E-state index in [1.54, 1.807) is 12.1 Å². The average molecular weight is 638 g/mol. The van der Waals surface area contributed by atoms with Crippen molar-refractivity contribution in [2.45, 2.75) is 5.92 Å². The van der Waals surface area contributed by atoms with Crippen LogP contribution in [0, 0.1) is 39.9 Å². The summed E-state index contributed by atoms with van der Waals surface area (Å²) in [5.74, 6) is -0.652. The van der Waals surface area contributed by atoms with Gasteiger partial charge in [-0.15, -0.1) is 0 Å². The van der Waals surface area contributed by atoms with Crippen LogP contribution in [-0.4, -0.2) is 9.13 Å². The molecule has 1 aliphatic carbocycles. The van der Waals surface area contributed by atoms with Gasteiger partial charge < -0.3 is 9.13 Å². The summed E-state index contributed by atoms with van der Waals surface area (Å²) in [4.78, 5) is 0. The molecule has 2 aromatic heterocycles. The van der Waals surface area contributed by atoms with Gasteiger partial charge in [-0.3, -0.25) is 0 Å². The first-order valence-corrected chi connectivity index (χ1v) is 16.5. The molecule has 0 radical (unpaired) electrons. The topological polar surface area (TPSA) is 81.2 Å². The summed E-state index contributed by atoms with van der Waals surface area (Å²) < 4.78 is 4.45. The number of hydrogen-bond acceptors (Lipinski definition) is 3. The lowest BCUT2D eigenvalue weighted by atomic mass is 9.79. The summed E-state index contributed by atoms with van der Waals surface area (Å²) in [7, 11) is 0. The van der Waals surface area contributed by atoms with Crippen molar-refractivity contribution in [1.82, 2.24) is 9.13 Å². The summed E-state index contributed by atoms with van der Waals surface area (Å²) in [5, 5.41) is 34.4. The maximum atomic E-state index is 10.7. The maximum Gasteiger partial charge on any atom is 0.0998 e. The molecule has 0 saturated heterocycles. The van der Waals surface area contributed by atoms with Gasteiger partial charge >= 0.3 is 0 Å². The van der Waals surface area contributed by atoms with Crippen molar-refractivity contribution in [3.05, 3.63) is 168 Å². The molecule has 5 heteroatoms. The Morgan fingerprint density at radius 2 is 1.20 bits per heavy atom. The molecule has 0 spiro atoms. The van der Waals surface area contributed by atoms with E-state index in [1.807, 2.05) is 36.4 Å². The third-order valence-electron chi connectivity index (χ3n) is 9.99. The second-order valence-electron chi connectivity index (χ2n) is 12.6. The minimum absolute atomic E-state index is 0.195. The van der Waals surface area contributed by atoms with Gasteiger partial charge in [0.15, 0.2) is 0 Å². The van der Waals surface area contributed by atoms with Gasteiger partial charge in [-0.05, 0) is 71.8 Å². The second-order valence-corrected chi connectivity index (χ2v) is 12.6. The SMILES string of the molecule is N#Cc1ccc2c(c1)c1c(C#N)cccc1n2C1=CC(C#N)C(c2ccccc2-c2ccccc2-n2c3ccccc3c3ccccc32)C=C1. The van der Waals surface area contributed by atoms with Crippen molar-refractivity contribution in [1.29, 1.82) is 15.8 Å². The highest BCUT2D eigenvalue weighted by Gasteiger charge is 2.28. The molecule has 232 valence electrons. The minimum Gasteiger partial charge on any atom is -0.309 e. The lowest BCUT2D eigenvalue weighted by Crippen LogP contribution is -2.14. The molecule has 5 nitrogen and oxygen atoms in total. The molecular formula is C45H27N5. The van der Waals surface area contributed by atoms with E-state index in [1.165, 1.54) is 10.8 Å². The van der Waals surface area contributed by atoms with Crippen molar-refractivity contribution in [3.63, 3.8) is 0 Å². The summed E-state index contributed by atoms with van der Waals surface area (Å²) in [5.41, 5.74) is 10.3. The summed E-state index contributed by atoms with van der Waals surface area (Å²) in [6, 6.07) is 52.4. The van der Waals surface area contributed by atoms with Crippen molar-refractivity contribution in [3.8, 4) is 35.0 Å². The smallest absolute Gasteiger partial charge is 0.0998 e. The van der Waals surface area contributed by atoms with Gasteiger partial charge in [-0.1, -0.05) is 91.0 Å². The summed E-state index contributed by atoms with van der Waals surface area (Å²) >= 11 is 0. The molecule has 50 heavy (non-hydrogen) atoms. The molecule has 0 amide bonds. The van der Waals surface area contributed by atoms with E-state index in [-0.39, 0.29) is 5.92 Å². The normalized spacial score (nSPS) is 15.6. The van der Waals surface area contributed by atoms with Crippen molar-refractivity contribution >= 4 is 49.3 Å². The van der Waals surface area contributed by atoms with Gasteiger partial charge in [0, 0.05) is 38.7 Å². The van der Waals surface area contributed by atoms with Crippen LogP contribution < -0.4 is 0 Å². The van der Waals surface area contributed by atoms with Crippen LogP contribution in [0.25, 0.3) is 66.1 Å². The first-order valence-electron chi connectivity index (χ1n) is 16.5. The zero-order chi connectivity index (χ0) is 33.8. The van der Waals surface area contributed by atoms with E-state index in [2.05, 4.69) is 130 Å². The highest BCUT2D eigenvalue weighted by atomic mass is 15.0. The molecule has 0 saturated carbocycles. The zero-order valence-electron chi connectivity index (χ0n) is 26.8. The van der Waals surface area contributed by atoms with Crippen LogP contribution in [-0.2, 0) is 0 Å². The van der Waals surface area contributed by atoms with Crippen LogP contribution in [0.2, 0.25) is 0 Å². The van der Waals surface area contributed by atoms with Crippen LogP contribution >= 0.6 is 0 Å². The molecule has 2 heterocycles. The molecule has 0 bridgehead atoms. The fourth-order valence-corrected chi connectivity index (χ4v) is 7.85. The maximum absolute atomic E-state index is 10.7. The molecule has 0 N–H and O–H groups in total. The molecule has 0 aliphatic heterocycles. The highest BCUT2D eigenvalue weighted by Crippen LogP contribution is 2.43. The molecule has 1 aliphatic rings. The molecule has 2 unspecified atom stereocenters. The number of allylic oxidation sites excluding steroid dienone is 4. The molecule has 2 atom stereocenters. The number of fused-ring (bicyclic) bond motifs is 6. The van der Waals surface area contributed by atoms with Gasteiger partial charge in [0.1, 0.15) is 0 Å². The lowest BCUT2D eigenvalue weighted by Gasteiger charge is -2.26. The Balaban J connectivity index is 1.20. The van der Waals surface area contributed by atoms with Crippen molar-refractivity contribution < 1.29 is 0 Å². The average Bonchev–Trinajstić information content (AvgIpc) is 3.70. The van der Waals surface area contributed by atoms with Gasteiger partial charge in [0.05, 0.1) is 63.0 Å². The van der Waals surface area contributed by atoms with E-state index >= 15 is 0 Å². The molecule has 6 aromatic carbocycles. The molecule has 8 aromatic rings. The Labute approximate surface area is 288 Å². The van der Waals surface area contributed by atoms with Crippen LogP contribution in [0.1, 0.15) is 22.6 Å². The number of nitriles is 3. The highest BCUT2D eigenvalue weighted by molar-refractivity contribution is 6.13. The lowest BCUT2D eigenvalue weighted by molar-refractivity contribution is 0.712. The summed E-state index contributed by atoms with van der Waals surface area (Å²) in [6.07, 6.45) is 6.27. The number of rotatable bonds is 4. The zero-order valence-corrected chi connectivity index (χ0v) is 26.8. The molecular weight excluding hydrogens is 611 g/mol. The number of aromatic nitrogens is 2. The van der Waals surface area contributed by atoms with Crippen LogP contribution in [0.15, 0.2) is 152 Å². The van der Waals surface area contributed by atoms with E-state index in [0.29, 0.717) is 11.1 Å².